The fourth-order valence-electron chi connectivity index (χ4n) is 2.60. The third-order valence-corrected chi connectivity index (χ3v) is 3.96. The van der Waals surface area contributed by atoms with Gasteiger partial charge in [0.2, 0.25) is 0 Å². The van der Waals surface area contributed by atoms with Crippen molar-refractivity contribution in [2.24, 2.45) is 0 Å². The van der Waals surface area contributed by atoms with Gasteiger partial charge in [0.05, 0.1) is 0 Å². The highest BCUT2D eigenvalue weighted by atomic mass is 35.5. The Morgan fingerprint density at radius 3 is 2.43 bits per heavy atom. The second kappa shape index (κ2) is 5.47. The fraction of sp³-hybridized carbons (Fsp3) is 0.111. The summed E-state index contributed by atoms with van der Waals surface area (Å²) in [7, 11) is 0. The average Bonchev–Trinajstić information content (AvgIpc) is 2.50. The highest BCUT2D eigenvalue weighted by Crippen LogP contribution is 2.32. The zero-order valence-electron chi connectivity index (χ0n) is 11.5. The highest BCUT2D eigenvalue weighted by Gasteiger charge is 2.18. The molecule has 21 heavy (non-hydrogen) atoms. The molecule has 3 aromatic carbocycles. The molecule has 0 radical (unpaired) electrons. The van der Waals surface area contributed by atoms with Crippen LogP contribution in [0.3, 0.4) is 0 Å². The van der Waals surface area contributed by atoms with Crippen LogP contribution in [0.5, 0.6) is 0 Å². The Morgan fingerprint density at radius 2 is 1.67 bits per heavy atom. The first-order valence-corrected chi connectivity index (χ1v) is 7.07. The Bertz CT molecular complexity index is 813. The van der Waals surface area contributed by atoms with Crippen molar-refractivity contribution in [1.82, 2.24) is 0 Å². The molecular formula is C18H14ClFO. The van der Waals surface area contributed by atoms with Gasteiger partial charge >= 0.3 is 0 Å². The average molecular weight is 301 g/mol. The fourth-order valence-corrected chi connectivity index (χ4v) is 2.78. The first kappa shape index (κ1) is 14.1. The molecule has 3 aromatic rings. The number of rotatable bonds is 2. The van der Waals surface area contributed by atoms with Crippen LogP contribution < -0.4 is 0 Å². The lowest BCUT2D eigenvalue weighted by Gasteiger charge is -2.16. The number of hydrogen-bond acceptors (Lipinski definition) is 1. The van der Waals surface area contributed by atoms with Gasteiger partial charge in [0, 0.05) is 10.6 Å². The number of aliphatic hydroxyl groups excluding tert-OH is 1. The van der Waals surface area contributed by atoms with Gasteiger partial charge in [-0.1, -0.05) is 48.0 Å². The summed E-state index contributed by atoms with van der Waals surface area (Å²) < 4.78 is 14.0. The van der Waals surface area contributed by atoms with E-state index in [4.69, 9.17) is 11.6 Å². The third-order valence-electron chi connectivity index (χ3n) is 3.72. The molecular weight excluding hydrogens is 287 g/mol. The van der Waals surface area contributed by atoms with E-state index >= 15 is 0 Å². The van der Waals surface area contributed by atoms with Crippen LogP contribution in [0.15, 0.2) is 54.6 Å². The second-order valence-corrected chi connectivity index (χ2v) is 5.52. The van der Waals surface area contributed by atoms with Gasteiger partial charge in [-0.3, -0.25) is 0 Å². The van der Waals surface area contributed by atoms with Crippen molar-refractivity contribution < 1.29 is 9.50 Å². The van der Waals surface area contributed by atoms with Gasteiger partial charge < -0.3 is 5.11 Å². The summed E-state index contributed by atoms with van der Waals surface area (Å²) in [6.45, 7) is 2.01. The van der Waals surface area contributed by atoms with E-state index in [1.54, 1.807) is 0 Å². The summed E-state index contributed by atoms with van der Waals surface area (Å²) in [5.41, 5.74) is 1.99. The van der Waals surface area contributed by atoms with Crippen LogP contribution in [0, 0.1) is 12.7 Å². The number of aliphatic hydroxyl groups is 1. The second-order valence-electron chi connectivity index (χ2n) is 5.09. The van der Waals surface area contributed by atoms with Crippen molar-refractivity contribution >= 4 is 22.4 Å². The molecule has 0 aromatic heterocycles. The predicted octanol–water partition coefficient (Wildman–Crippen LogP) is 5.02. The Balaban J connectivity index is 2.20. The maximum absolute atomic E-state index is 14.0. The molecule has 0 saturated carbocycles. The van der Waals surface area contributed by atoms with Gasteiger partial charge in [0.25, 0.3) is 0 Å². The predicted molar refractivity (Wildman–Crippen MR) is 84.2 cm³/mol. The zero-order chi connectivity index (χ0) is 15.0. The minimum absolute atomic E-state index is 0.191. The van der Waals surface area contributed by atoms with Gasteiger partial charge in [-0.25, -0.2) is 4.39 Å². The molecule has 0 amide bonds. The van der Waals surface area contributed by atoms with E-state index in [0.717, 1.165) is 16.3 Å². The van der Waals surface area contributed by atoms with Crippen molar-refractivity contribution in [1.29, 1.82) is 0 Å². The Labute approximate surface area is 127 Å². The Morgan fingerprint density at radius 1 is 0.952 bits per heavy atom. The summed E-state index contributed by atoms with van der Waals surface area (Å²) in [5, 5.41) is 13.0. The smallest absolute Gasteiger partial charge is 0.129 e. The maximum atomic E-state index is 14.0. The van der Waals surface area contributed by atoms with E-state index in [-0.39, 0.29) is 5.56 Å². The molecule has 0 heterocycles. The molecule has 1 N–H and O–H groups in total. The van der Waals surface area contributed by atoms with Gasteiger partial charge in [0.15, 0.2) is 0 Å². The van der Waals surface area contributed by atoms with Crippen molar-refractivity contribution in [3.8, 4) is 0 Å². The van der Waals surface area contributed by atoms with Gasteiger partial charge in [0.1, 0.15) is 11.9 Å². The van der Waals surface area contributed by atoms with E-state index in [2.05, 4.69) is 0 Å². The third kappa shape index (κ3) is 2.53. The lowest BCUT2D eigenvalue weighted by atomic mass is 9.93. The number of hydrogen-bond donors (Lipinski definition) is 1. The van der Waals surface area contributed by atoms with E-state index in [0.29, 0.717) is 10.6 Å². The molecule has 0 fully saturated rings. The van der Waals surface area contributed by atoms with Crippen LogP contribution in [-0.2, 0) is 0 Å². The summed E-state index contributed by atoms with van der Waals surface area (Å²) >= 11 is 5.91. The minimum Gasteiger partial charge on any atom is -0.384 e. The van der Waals surface area contributed by atoms with E-state index < -0.39 is 11.9 Å². The molecule has 3 rings (SSSR count). The SMILES string of the molecule is Cc1ccc(C(O)c2cc(Cl)ccc2F)c2ccccc12. The molecule has 0 spiro atoms. The van der Waals surface area contributed by atoms with Crippen molar-refractivity contribution in [3.05, 3.63) is 82.1 Å². The number of aryl methyl sites for hydroxylation is 1. The number of fused-ring (bicyclic) bond motifs is 1. The van der Waals surface area contributed by atoms with Crippen LogP contribution in [-0.4, -0.2) is 5.11 Å². The monoisotopic (exact) mass is 300 g/mol. The summed E-state index contributed by atoms with van der Waals surface area (Å²) in [6, 6.07) is 15.8. The minimum atomic E-state index is -1.05. The van der Waals surface area contributed by atoms with Crippen LogP contribution in [0.1, 0.15) is 22.8 Å². The highest BCUT2D eigenvalue weighted by molar-refractivity contribution is 6.30. The van der Waals surface area contributed by atoms with Gasteiger partial charge in [-0.2, -0.15) is 0 Å². The van der Waals surface area contributed by atoms with E-state index in [1.165, 1.54) is 18.2 Å². The van der Waals surface area contributed by atoms with Crippen molar-refractivity contribution in [2.45, 2.75) is 13.0 Å². The molecule has 3 heteroatoms. The molecule has 0 aliphatic heterocycles. The molecule has 0 aliphatic rings. The molecule has 0 bridgehead atoms. The van der Waals surface area contributed by atoms with Crippen LogP contribution in [0.25, 0.3) is 10.8 Å². The Kier molecular flexibility index (Phi) is 3.66. The topological polar surface area (TPSA) is 20.2 Å². The first-order valence-electron chi connectivity index (χ1n) is 6.69. The number of halogens is 2. The summed E-state index contributed by atoms with van der Waals surface area (Å²) in [6.07, 6.45) is -1.05. The van der Waals surface area contributed by atoms with Gasteiger partial charge in [-0.05, 0) is 47.0 Å². The standard InChI is InChI=1S/C18H14ClFO/c1-11-6-8-15(14-5-3-2-4-13(11)14)18(21)16-10-12(19)7-9-17(16)20/h2-10,18,21H,1H3. The lowest BCUT2D eigenvalue weighted by molar-refractivity contribution is 0.216. The van der Waals surface area contributed by atoms with Crippen molar-refractivity contribution in [3.63, 3.8) is 0 Å². The largest absolute Gasteiger partial charge is 0.384 e. The lowest BCUT2D eigenvalue weighted by Crippen LogP contribution is -2.04. The first-order chi connectivity index (χ1) is 10.1. The molecule has 0 saturated heterocycles. The molecule has 1 nitrogen and oxygen atoms in total. The van der Waals surface area contributed by atoms with Crippen LogP contribution in [0.4, 0.5) is 4.39 Å². The summed E-state index contributed by atoms with van der Waals surface area (Å²) in [5.74, 6) is -0.462. The maximum Gasteiger partial charge on any atom is 0.129 e. The molecule has 1 unspecified atom stereocenters. The summed E-state index contributed by atoms with van der Waals surface area (Å²) in [4.78, 5) is 0. The quantitative estimate of drug-likeness (QED) is 0.704. The van der Waals surface area contributed by atoms with Crippen molar-refractivity contribution in [2.75, 3.05) is 0 Å². The molecule has 106 valence electrons. The molecule has 0 aliphatic carbocycles. The van der Waals surface area contributed by atoms with Gasteiger partial charge in [-0.15, -0.1) is 0 Å². The van der Waals surface area contributed by atoms with E-state index in [1.807, 2.05) is 43.3 Å². The Hall–Kier alpha value is -1.90. The van der Waals surface area contributed by atoms with Crippen LogP contribution in [0.2, 0.25) is 5.02 Å². The van der Waals surface area contributed by atoms with Crippen LogP contribution >= 0.6 is 11.6 Å². The molecule has 1 atom stereocenters. The normalized spacial score (nSPS) is 12.6. The van der Waals surface area contributed by atoms with E-state index in [9.17, 15) is 9.50 Å². The number of benzene rings is 3. The zero-order valence-corrected chi connectivity index (χ0v) is 12.2.